The molecule has 18 heavy (non-hydrogen) atoms. The summed E-state index contributed by atoms with van der Waals surface area (Å²) in [6.07, 6.45) is 1.14. The molecule has 2 rings (SSSR count). The van der Waals surface area contributed by atoms with Crippen molar-refractivity contribution in [3.05, 3.63) is 35.4 Å². The lowest BCUT2D eigenvalue weighted by Crippen LogP contribution is -2.39. The van der Waals surface area contributed by atoms with E-state index in [9.17, 15) is 0 Å². The molecule has 0 radical (unpaired) electrons. The van der Waals surface area contributed by atoms with Gasteiger partial charge in [0.2, 0.25) is 0 Å². The van der Waals surface area contributed by atoms with Crippen LogP contribution in [0.25, 0.3) is 0 Å². The number of nitrogens with one attached hydrogen (secondary N) is 1. The van der Waals surface area contributed by atoms with E-state index in [1.165, 1.54) is 11.1 Å². The van der Waals surface area contributed by atoms with E-state index in [2.05, 4.69) is 41.4 Å². The second kappa shape index (κ2) is 6.27. The van der Waals surface area contributed by atoms with Gasteiger partial charge in [0.15, 0.2) is 0 Å². The SMILES string of the molecule is Cc1cccc(C(C(N)=S)N2CCCNCC2)c1. The lowest BCUT2D eigenvalue weighted by Gasteiger charge is -2.30. The number of thiocarbonyl (C=S) groups is 1. The van der Waals surface area contributed by atoms with E-state index < -0.39 is 0 Å². The molecule has 4 heteroatoms. The molecule has 98 valence electrons. The quantitative estimate of drug-likeness (QED) is 0.813. The molecule has 0 aromatic heterocycles. The largest absolute Gasteiger partial charge is 0.392 e. The fraction of sp³-hybridized carbons (Fsp3) is 0.500. The van der Waals surface area contributed by atoms with Crippen LogP contribution < -0.4 is 11.1 Å². The van der Waals surface area contributed by atoms with E-state index in [-0.39, 0.29) is 6.04 Å². The summed E-state index contributed by atoms with van der Waals surface area (Å²) in [5.74, 6) is 0. The molecule has 1 atom stereocenters. The van der Waals surface area contributed by atoms with E-state index in [0.717, 1.165) is 32.6 Å². The van der Waals surface area contributed by atoms with Crippen LogP contribution in [0.4, 0.5) is 0 Å². The van der Waals surface area contributed by atoms with Crippen molar-refractivity contribution in [1.29, 1.82) is 0 Å². The predicted molar refractivity (Wildman–Crippen MR) is 79.8 cm³/mol. The van der Waals surface area contributed by atoms with Crippen molar-refractivity contribution in [3.8, 4) is 0 Å². The zero-order valence-electron chi connectivity index (χ0n) is 10.9. The topological polar surface area (TPSA) is 41.3 Å². The van der Waals surface area contributed by atoms with E-state index in [1.807, 2.05) is 0 Å². The molecule has 0 spiro atoms. The van der Waals surface area contributed by atoms with Gasteiger partial charge in [-0.15, -0.1) is 0 Å². The lowest BCUT2D eigenvalue weighted by molar-refractivity contribution is 0.261. The molecule has 3 nitrogen and oxygen atoms in total. The Kier molecular flexibility index (Phi) is 4.69. The minimum absolute atomic E-state index is 0.0693. The summed E-state index contributed by atoms with van der Waals surface area (Å²) >= 11 is 5.28. The van der Waals surface area contributed by atoms with Gasteiger partial charge in [0.05, 0.1) is 11.0 Å². The Bertz CT molecular complexity index is 411. The normalized spacial score (nSPS) is 19.2. The third-order valence-electron chi connectivity index (χ3n) is 3.37. The number of nitrogens with two attached hydrogens (primary N) is 1. The summed E-state index contributed by atoms with van der Waals surface area (Å²) in [6, 6.07) is 8.55. The highest BCUT2D eigenvalue weighted by molar-refractivity contribution is 7.80. The molecule has 1 aliphatic rings. The molecule has 1 aromatic rings. The van der Waals surface area contributed by atoms with Crippen molar-refractivity contribution >= 4 is 17.2 Å². The van der Waals surface area contributed by atoms with E-state index in [1.54, 1.807) is 0 Å². The van der Waals surface area contributed by atoms with Crippen LogP contribution in [0.3, 0.4) is 0 Å². The monoisotopic (exact) mass is 263 g/mol. The Morgan fingerprint density at radius 1 is 1.39 bits per heavy atom. The van der Waals surface area contributed by atoms with Crippen molar-refractivity contribution in [1.82, 2.24) is 10.2 Å². The average molecular weight is 263 g/mol. The maximum absolute atomic E-state index is 5.97. The van der Waals surface area contributed by atoms with Crippen molar-refractivity contribution in [2.45, 2.75) is 19.4 Å². The second-order valence-corrected chi connectivity index (χ2v) is 5.33. The molecule has 0 bridgehead atoms. The van der Waals surface area contributed by atoms with Crippen molar-refractivity contribution < 1.29 is 0 Å². The smallest absolute Gasteiger partial charge is 0.0948 e. The highest BCUT2D eigenvalue weighted by Crippen LogP contribution is 2.22. The Morgan fingerprint density at radius 2 is 2.22 bits per heavy atom. The van der Waals surface area contributed by atoms with Gasteiger partial charge >= 0.3 is 0 Å². The van der Waals surface area contributed by atoms with Crippen molar-refractivity contribution in [2.75, 3.05) is 26.2 Å². The molecular formula is C14H21N3S. The summed E-state index contributed by atoms with van der Waals surface area (Å²) < 4.78 is 0. The van der Waals surface area contributed by atoms with Gasteiger partial charge in [-0.1, -0.05) is 42.0 Å². The van der Waals surface area contributed by atoms with Crippen LogP contribution in [0.5, 0.6) is 0 Å². The molecule has 3 N–H and O–H groups in total. The van der Waals surface area contributed by atoms with Crippen LogP contribution in [-0.4, -0.2) is 36.1 Å². The Hall–Kier alpha value is -0.970. The average Bonchev–Trinajstić information content (AvgIpc) is 2.58. The van der Waals surface area contributed by atoms with Crippen molar-refractivity contribution in [3.63, 3.8) is 0 Å². The van der Waals surface area contributed by atoms with E-state index >= 15 is 0 Å². The molecule has 0 aliphatic carbocycles. The van der Waals surface area contributed by atoms with Gasteiger partial charge < -0.3 is 11.1 Å². The zero-order chi connectivity index (χ0) is 13.0. The first-order valence-corrected chi connectivity index (χ1v) is 6.90. The molecule has 1 aliphatic heterocycles. The van der Waals surface area contributed by atoms with Crippen LogP contribution in [0.1, 0.15) is 23.6 Å². The van der Waals surface area contributed by atoms with E-state index in [4.69, 9.17) is 18.0 Å². The summed E-state index contributed by atoms with van der Waals surface area (Å²) in [7, 11) is 0. The maximum Gasteiger partial charge on any atom is 0.0948 e. The molecule has 0 amide bonds. The summed E-state index contributed by atoms with van der Waals surface area (Å²) in [4.78, 5) is 2.96. The van der Waals surface area contributed by atoms with Crippen LogP contribution in [-0.2, 0) is 0 Å². The fourth-order valence-corrected chi connectivity index (χ4v) is 2.81. The number of aryl methyl sites for hydroxylation is 1. The Balaban J connectivity index is 2.24. The van der Waals surface area contributed by atoms with Crippen LogP contribution >= 0.6 is 12.2 Å². The molecular weight excluding hydrogens is 242 g/mol. The number of hydrogen-bond acceptors (Lipinski definition) is 3. The summed E-state index contributed by atoms with van der Waals surface area (Å²) in [5.41, 5.74) is 8.43. The van der Waals surface area contributed by atoms with Crippen LogP contribution in [0.2, 0.25) is 0 Å². The van der Waals surface area contributed by atoms with Crippen LogP contribution in [0.15, 0.2) is 24.3 Å². The molecule has 1 unspecified atom stereocenters. The highest BCUT2D eigenvalue weighted by atomic mass is 32.1. The molecule has 1 aromatic carbocycles. The third-order valence-corrected chi connectivity index (χ3v) is 3.59. The van der Waals surface area contributed by atoms with Gasteiger partial charge in [-0.25, -0.2) is 0 Å². The zero-order valence-corrected chi connectivity index (χ0v) is 11.7. The van der Waals surface area contributed by atoms with Gasteiger partial charge in [-0.3, -0.25) is 4.90 Å². The predicted octanol–water partition coefficient (Wildman–Crippen LogP) is 1.62. The molecule has 1 heterocycles. The number of rotatable bonds is 3. The standard InChI is InChI=1S/C14H21N3S/c1-11-4-2-5-12(10-11)13(14(15)18)17-8-3-6-16-7-9-17/h2,4-5,10,13,16H,3,6-9H2,1H3,(H2,15,18). The first-order chi connectivity index (χ1) is 8.68. The highest BCUT2D eigenvalue weighted by Gasteiger charge is 2.23. The minimum Gasteiger partial charge on any atom is -0.392 e. The molecule has 0 saturated carbocycles. The number of benzene rings is 1. The number of hydrogen-bond donors (Lipinski definition) is 2. The molecule has 1 saturated heterocycles. The van der Waals surface area contributed by atoms with Crippen molar-refractivity contribution in [2.24, 2.45) is 5.73 Å². The second-order valence-electron chi connectivity index (χ2n) is 4.86. The molecule has 1 fully saturated rings. The summed E-state index contributed by atoms with van der Waals surface area (Å²) in [6.45, 7) is 6.22. The van der Waals surface area contributed by atoms with Gasteiger partial charge in [-0.2, -0.15) is 0 Å². The van der Waals surface area contributed by atoms with Crippen LogP contribution in [0, 0.1) is 6.92 Å². The first-order valence-electron chi connectivity index (χ1n) is 6.49. The third kappa shape index (κ3) is 3.28. The minimum atomic E-state index is 0.0693. The Labute approximate surface area is 114 Å². The number of nitrogens with zero attached hydrogens (tertiary/aromatic N) is 1. The maximum atomic E-state index is 5.97. The van der Waals surface area contributed by atoms with Gasteiger partial charge in [0.25, 0.3) is 0 Å². The van der Waals surface area contributed by atoms with Gasteiger partial charge in [0.1, 0.15) is 0 Å². The summed E-state index contributed by atoms with van der Waals surface area (Å²) in [5, 5.41) is 3.41. The lowest BCUT2D eigenvalue weighted by atomic mass is 10.0. The van der Waals surface area contributed by atoms with E-state index in [0.29, 0.717) is 4.99 Å². The van der Waals surface area contributed by atoms with Gasteiger partial charge in [-0.05, 0) is 25.5 Å². The Morgan fingerprint density at radius 3 is 2.94 bits per heavy atom. The fourth-order valence-electron chi connectivity index (χ4n) is 2.52. The first kappa shape index (κ1) is 13.5. The van der Waals surface area contributed by atoms with Gasteiger partial charge in [0, 0.05) is 19.6 Å².